The molecule has 0 aromatic carbocycles. The number of aromatic carboxylic acids is 1. The van der Waals surface area contributed by atoms with Gasteiger partial charge in [-0.15, -0.1) is 0 Å². The number of thiazole rings is 1. The predicted octanol–water partition coefficient (Wildman–Crippen LogP) is 1.81. The van der Waals surface area contributed by atoms with E-state index in [0.29, 0.717) is 10.7 Å². The minimum absolute atomic E-state index is 0.0531. The van der Waals surface area contributed by atoms with Crippen LogP contribution in [0.5, 0.6) is 0 Å². The molecule has 0 fully saturated rings. The SMILES string of the molecule is Cc1nc(C#CCN=[N+]=[N-])sc1C(=O)O. The molecule has 0 bridgehead atoms. The van der Waals surface area contributed by atoms with Crippen molar-refractivity contribution >= 4 is 17.3 Å². The van der Waals surface area contributed by atoms with E-state index in [0.717, 1.165) is 11.3 Å². The summed E-state index contributed by atoms with van der Waals surface area (Å²) < 4.78 is 0. The largest absolute Gasteiger partial charge is 0.477 e. The maximum atomic E-state index is 10.7. The quantitative estimate of drug-likeness (QED) is 0.357. The Morgan fingerprint density at radius 1 is 1.80 bits per heavy atom. The van der Waals surface area contributed by atoms with Crippen LogP contribution in [0.2, 0.25) is 0 Å². The van der Waals surface area contributed by atoms with Gasteiger partial charge in [-0.2, -0.15) is 0 Å². The summed E-state index contributed by atoms with van der Waals surface area (Å²) in [6.07, 6.45) is 0. The van der Waals surface area contributed by atoms with E-state index in [9.17, 15) is 4.79 Å². The Balaban J connectivity index is 2.86. The molecule has 0 atom stereocenters. The Bertz CT molecular complexity index is 490. The highest BCUT2D eigenvalue weighted by atomic mass is 32.1. The number of hydrogen-bond acceptors (Lipinski definition) is 4. The van der Waals surface area contributed by atoms with Crippen molar-refractivity contribution < 1.29 is 9.90 Å². The molecule has 1 rings (SSSR count). The molecular formula is C8H6N4O2S. The van der Waals surface area contributed by atoms with Crippen LogP contribution in [0, 0.1) is 18.8 Å². The van der Waals surface area contributed by atoms with Gasteiger partial charge in [0.1, 0.15) is 4.88 Å². The number of carboxylic acids is 1. The number of aromatic nitrogens is 1. The molecule has 0 radical (unpaired) electrons. The zero-order chi connectivity index (χ0) is 11.3. The Morgan fingerprint density at radius 2 is 2.53 bits per heavy atom. The van der Waals surface area contributed by atoms with Gasteiger partial charge in [-0.05, 0) is 18.4 Å². The topological polar surface area (TPSA) is 99.0 Å². The second kappa shape index (κ2) is 5.00. The highest BCUT2D eigenvalue weighted by Gasteiger charge is 2.12. The molecule has 1 heterocycles. The van der Waals surface area contributed by atoms with Gasteiger partial charge < -0.3 is 5.11 Å². The number of carbonyl (C=O) groups is 1. The molecule has 0 amide bonds. The van der Waals surface area contributed by atoms with Crippen LogP contribution in [0.15, 0.2) is 5.11 Å². The van der Waals surface area contributed by atoms with Gasteiger partial charge in [-0.25, -0.2) is 9.78 Å². The lowest BCUT2D eigenvalue weighted by Gasteiger charge is -1.84. The fraction of sp³-hybridized carbons (Fsp3) is 0.250. The van der Waals surface area contributed by atoms with Crippen molar-refractivity contribution in [3.63, 3.8) is 0 Å². The van der Waals surface area contributed by atoms with Gasteiger partial charge in [0, 0.05) is 4.91 Å². The molecule has 76 valence electrons. The van der Waals surface area contributed by atoms with Crippen molar-refractivity contribution in [2.24, 2.45) is 5.11 Å². The fourth-order valence-corrected chi connectivity index (χ4v) is 1.61. The van der Waals surface area contributed by atoms with E-state index in [1.807, 2.05) is 0 Å². The van der Waals surface area contributed by atoms with Crippen molar-refractivity contribution in [3.05, 3.63) is 26.0 Å². The first-order chi connectivity index (χ1) is 7.15. The summed E-state index contributed by atoms with van der Waals surface area (Å²) in [6.45, 7) is 1.66. The third-order valence-electron chi connectivity index (χ3n) is 1.40. The number of azide groups is 1. The number of hydrogen-bond donors (Lipinski definition) is 1. The van der Waals surface area contributed by atoms with Gasteiger partial charge in [0.05, 0.1) is 12.2 Å². The average molecular weight is 222 g/mol. The van der Waals surface area contributed by atoms with Crippen molar-refractivity contribution in [2.45, 2.75) is 6.92 Å². The maximum Gasteiger partial charge on any atom is 0.347 e. The van der Waals surface area contributed by atoms with Crippen LogP contribution in [0.1, 0.15) is 20.4 Å². The van der Waals surface area contributed by atoms with Crippen LogP contribution >= 0.6 is 11.3 Å². The van der Waals surface area contributed by atoms with E-state index in [4.69, 9.17) is 10.6 Å². The molecule has 0 aliphatic rings. The lowest BCUT2D eigenvalue weighted by Crippen LogP contribution is -1.94. The zero-order valence-electron chi connectivity index (χ0n) is 7.76. The Hall–Kier alpha value is -2.03. The summed E-state index contributed by atoms with van der Waals surface area (Å²) >= 11 is 1.01. The minimum Gasteiger partial charge on any atom is -0.477 e. The van der Waals surface area contributed by atoms with E-state index in [-0.39, 0.29) is 11.4 Å². The van der Waals surface area contributed by atoms with Gasteiger partial charge >= 0.3 is 5.97 Å². The lowest BCUT2D eigenvalue weighted by atomic mass is 10.4. The molecule has 0 aliphatic heterocycles. The van der Waals surface area contributed by atoms with Gasteiger partial charge in [0.2, 0.25) is 0 Å². The van der Waals surface area contributed by atoms with Gasteiger partial charge in [0.15, 0.2) is 5.01 Å². The Labute approximate surface area is 89.2 Å². The number of carboxylic acid groups (broad SMARTS) is 1. The molecule has 0 unspecified atom stereocenters. The monoisotopic (exact) mass is 222 g/mol. The summed E-state index contributed by atoms with van der Waals surface area (Å²) in [4.78, 5) is 17.3. The van der Waals surface area contributed by atoms with Crippen LogP contribution in [0.4, 0.5) is 0 Å². The van der Waals surface area contributed by atoms with E-state index in [2.05, 4.69) is 26.9 Å². The summed E-state index contributed by atoms with van der Waals surface area (Å²) in [5.74, 6) is 4.19. The van der Waals surface area contributed by atoms with E-state index >= 15 is 0 Å². The fourth-order valence-electron chi connectivity index (χ4n) is 0.830. The van der Waals surface area contributed by atoms with Crippen molar-refractivity contribution in [1.29, 1.82) is 0 Å². The highest BCUT2D eigenvalue weighted by molar-refractivity contribution is 7.14. The van der Waals surface area contributed by atoms with Crippen LogP contribution in [0.3, 0.4) is 0 Å². The Kier molecular flexibility index (Phi) is 3.68. The first kappa shape index (κ1) is 11.0. The van der Waals surface area contributed by atoms with Crippen molar-refractivity contribution in [1.82, 2.24) is 4.98 Å². The minimum atomic E-state index is -1.01. The molecule has 7 heteroatoms. The van der Waals surface area contributed by atoms with Gasteiger partial charge in [-0.1, -0.05) is 22.4 Å². The summed E-state index contributed by atoms with van der Waals surface area (Å²) in [7, 11) is 0. The molecule has 1 aromatic heterocycles. The van der Waals surface area contributed by atoms with Crippen molar-refractivity contribution in [2.75, 3.05) is 6.54 Å². The highest BCUT2D eigenvalue weighted by Crippen LogP contribution is 2.16. The summed E-state index contributed by atoms with van der Waals surface area (Å²) in [6, 6.07) is 0. The number of rotatable bonds is 2. The molecule has 0 aliphatic carbocycles. The van der Waals surface area contributed by atoms with Crippen LogP contribution in [-0.4, -0.2) is 22.6 Å². The molecule has 15 heavy (non-hydrogen) atoms. The maximum absolute atomic E-state index is 10.7. The second-order valence-electron chi connectivity index (χ2n) is 2.43. The van der Waals surface area contributed by atoms with E-state index < -0.39 is 5.97 Å². The van der Waals surface area contributed by atoms with Gasteiger partial charge in [-0.3, -0.25) is 0 Å². The molecule has 0 saturated heterocycles. The normalized spacial score (nSPS) is 8.60. The van der Waals surface area contributed by atoms with Crippen LogP contribution in [0.25, 0.3) is 10.4 Å². The van der Waals surface area contributed by atoms with Crippen molar-refractivity contribution in [3.8, 4) is 11.8 Å². The average Bonchev–Trinajstić information content (AvgIpc) is 2.55. The van der Waals surface area contributed by atoms with E-state index in [1.54, 1.807) is 6.92 Å². The van der Waals surface area contributed by atoms with E-state index in [1.165, 1.54) is 0 Å². The lowest BCUT2D eigenvalue weighted by molar-refractivity contribution is 0.0701. The Morgan fingerprint density at radius 3 is 3.07 bits per heavy atom. The predicted molar refractivity (Wildman–Crippen MR) is 54.7 cm³/mol. The van der Waals surface area contributed by atoms with Crippen LogP contribution < -0.4 is 0 Å². The molecule has 1 N–H and O–H groups in total. The number of nitrogens with zero attached hydrogens (tertiary/aromatic N) is 4. The molecule has 1 aromatic rings. The third-order valence-corrected chi connectivity index (χ3v) is 2.46. The molecule has 0 spiro atoms. The molecular weight excluding hydrogens is 216 g/mol. The standard InChI is InChI=1S/C8H6N4O2S/c1-5-7(8(13)14)15-6(11-5)3-2-4-10-12-9/h4H2,1H3,(H,13,14). The first-order valence-corrected chi connectivity index (χ1v) is 4.67. The summed E-state index contributed by atoms with van der Waals surface area (Å²) in [5, 5.41) is 12.4. The van der Waals surface area contributed by atoms with Gasteiger partial charge in [0.25, 0.3) is 0 Å². The molecule has 0 saturated carbocycles. The first-order valence-electron chi connectivity index (χ1n) is 3.85. The van der Waals surface area contributed by atoms with Crippen LogP contribution in [-0.2, 0) is 0 Å². The number of aryl methyl sites for hydroxylation is 1. The summed E-state index contributed by atoms with van der Waals surface area (Å²) in [5.41, 5.74) is 8.43. The smallest absolute Gasteiger partial charge is 0.347 e. The molecule has 6 nitrogen and oxygen atoms in total. The second-order valence-corrected chi connectivity index (χ2v) is 3.43. The third kappa shape index (κ3) is 2.98. The zero-order valence-corrected chi connectivity index (χ0v) is 8.58.